The Morgan fingerprint density at radius 1 is 1.47 bits per heavy atom. The second kappa shape index (κ2) is 6.54. The number of aryl methyl sites for hydroxylation is 1. The zero-order chi connectivity index (χ0) is 13.3. The maximum absolute atomic E-state index is 12.2. The van der Waals surface area contributed by atoms with Gasteiger partial charge in [0.2, 0.25) is 5.91 Å². The summed E-state index contributed by atoms with van der Waals surface area (Å²) in [6.45, 7) is 8.29. The zero-order valence-corrected chi connectivity index (χ0v) is 13.1. The molecule has 1 amide bonds. The predicted octanol–water partition coefficient (Wildman–Crippen LogP) is 0.769. The summed E-state index contributed by atoms with van der Waals surface area (Å²) in [6, 6.07) is 0.324. The number of nitrogens with zero attached hydrogens (tertiary/aromatic N) is 2. The second-order valence-corrected chi connectivity index (χ2v) is 5.96. The fourth-order valence-electron chi connectivity index (χ4n) is 2.16. The average molecular weight is 306 g/mol. The predicted molar refractivity (Wildman–Crippen MR) is 79.3 cm³/mol. The van der Waals surface area contributed by atoms with Gasteiger partial charge in [0.15, 0.2) is 0 Å². The quantitative estimate of drug-likeness (QED) is 0.878. The molecule has 1 aromatic rings. The maximum atomic E-state index is 12.2. The molecule has 2 heterocycles. The molecule has 5 nitrogen and oxygen atoms in total. The van der Waals surface area contributed by atoms with Gasteiger partial charge in [-0.2, -0.15) is 0 Å². The van der Waals surface area contributed by atoms with E-state index < -0.39 is 0 Å². The molecular weight excluding hydrogens is 286 g/mol. The first-order valence-corrected chi connectivity index (χ1v) is 6.98. The van der Waals surface area contributed by atoms with Crippen molar-refractivity contribution < 1.29 is 4.79 Å². The maximum Gasteiger partial charge on any atom is 0.308 e. The third-order valence-corrected chi connectivity index (χ3v) is 4.39. The van der Waals surface area contributed by atoms with Crippen molar-refractivity contribution in [1.29, 1.82) is 0 Å². The number of rotatable bonds is 2. The molecular formula is C12H20ClN3O2S. The van der Waals surface area contributed by atoms with Gasteiger partial charge in [-0.1, -0.05) is 11.3 Å². The normalized spacial score (nSPS) is 19.1. The molecule has 1 aliphatic rings. The van der Waals surface area contributed by atoms with Crippen LogP contribution in [0, 0.1) is 13.8 Å². The zero-order valence-electron chi connectivity index (χ0n) is 11.4. The average Bonchev–Trinajstić information content (AvgIpc) is 2.56. The number of halogens is 1. The number of hydrogen-bond donors (Lipinski definition) is 1. The summed E-state index contributed by atoms with van der Waals surface area (Å²) >= 11 is 1.21. The lowest BCUT2D eigenvalue weighted by atomic mass is 10.2. The van der Waals surface area contributed by atoms with E-state index in [-0.39, 0.29) is 29.7 Å². The number of piperazine rings is 1. The molecule has 108 valence electrons. The minimum atomic E-state index is -0.0402. The van der Waals surface area contributed by atoms with Crippen LogP contribution in [0.4, 0.5) is 0 Å². The first-order valence-electron chi connectivity index (χ1n) is 6.17. The number of thiazole rings is 1. The number of nitrogens with one attached hydrogen (secondary N) is 1. The number of hydrogen-bond acceptors (Lipinski definition) is 4. The van der Waals surface area contributed by atoms with Crippen molar-refractivity contribution in [3.63, 3.8) is 0 Å². The van der Waals surface area contributed by atoms with E-state index in [2.05, 4.69) is 12.2 Å². The molecule has 0 saturated carbocycles. The van der Waals surface area contributed by atoms with E-state index in [4.69, 9.17) is 0 Å². The van der Waals surface area contributed by atoms with Crippen LogP contribution in [0.5, 0.6) is 0 Å². The standard InChI is InChI=1S/C12H19N3O2S.ClH/c1-8-6-14(5-4-13-8)11(16)7-15-9(2)10(3)18-12(15)17;/h8,13H,4-7H2,1-3H3;1H. The summed E-state index contributed by atoms with van der Waals surface area (Å²) in [4.78, 5) is 26.7. The Labute approximate surface area is 123 Å². The highest BCUT2D eigenvalue weighted by molar-refractivity contribution is 7.09. The minimum absolute atomic E-state index is 0. The molecule has 1 unspecified atom stereocenters. The van der Waals surface area contributed by atoms with Crippen molar-refractivity contribution in [2.45, 2.75) is 33.4 Å². The molecule has 0 bridgehead atoms. The van der Waals surface area contributed by atoms with Crippen molar-refractivity contribution in [2.75, 3.05) is 19.6 Å². The summed E-state index contributed by atoms with van der Waals surface area (Å²) in [5.41, 5.74) is 0.904. The summed E-state index contributed by atoms with van der Waals surface area (Å²) in [5, 5.41) is 3.30. The third-order valence-electron chi connectivity index (χ3n) is 3.39. The Kier molecular flexibility index (Phi) is 5.58. The van der Waals surface area contributed by atoms with Gasteiger partial charge in [0.1, 0.15) is 6.54 Å². The molecule has 0 aliphatic carbocycles. The first-order chi connectivity index (χ1) is 8.49. The minimum Gasteiger partial charge on any atom is -0.338 e. The lowest BCUT2D eigenvalue weighted by molar-refractivity contribution is -0.133. The molecule has 0 radical (unpaired) electrons. The van der Waals surface area contributed by atoms with Crippen LogP contribution in [0.15, 0.2) is 4.79 Å². The molecule has 1 atom stereocenters. The molecule has 1 saturated heterocycles. The molecule has 1 fully saturated rings. The van der Waals surface area contributed by atoms with Crippen molar-refractivity contribution >= 4 is 29.7 Å². The second-order valence-electron chi connectivity index (χ2n) is 4.79. The van der Waals surface area contributed by atoms with Crippen LogP contribution < -0.4 is 10.2 Å². The fourth-order valence-corrected chi connectivity index (χ4v) is 3.00. The van der Waals surface area contributed by atoms with E-state index in [1.165, 1.54) is 11.3 Å². The van der Waals surface area contributed by atoms with Crippen LogP contribution >= 0.6 is 23.7 Å². The lowest BCUT2D eigenvalue weighted by Gasteiger charge is -2.32. The highest BCUT2D eigenvalue weighted by Crippen LogP contribution is 2.10. The van der Waals surface area contributed by atoms with Crippen LogP contribution in [0.3, 0.4) is 0 Å². The largest absolute Gasteiger partial charge is 0.338 e. The SMILES string of the molecule is Cc1sc(=O)n(CC(=O)N2CCNC(C)C2)c1C.Cl. The Morgan fingerprint density at radius 3 is 2.68 bits per heavy atom. The van der Waals surface area contributed by atoms with E-state index in [1.807, 2.05) is 18.7 Å². The van der Waals surface area contributed by atoms with Crippen LogP contribution in [-0.2, 0) is 11.3 Å². The van der Waals surface area contributed by atoms with Gasteiger partial charge in [-0.15, -0.1) is 12.4 Å². The van der Waals surface area contributed by atoms with Gasteiger partial charge in [0.25, 0.3) is 0 Å². The van der Waals surface area contributed by atoms with Crippen molar-refractivity contribution in [3.05, 3.63) is 20.2 Å². The number of carbonyl (C=O) groups is 1. The van der Waals surface area contributed by atoms with Gasteiger partial charge in [-0.3, -0.25) is 14.2 Å². The topological polar surface area (TPSA) is 54.3 Å². The number of carbonyl (C=O) groups excluding carboxylic acids is 1. The van der Waals surface area contributed by atoms with Crippen LogP contribution in [0.1, 0.15) is 17.5 Å². The van der Waals surface area contributed by atoms with Gasteiger partial charge in [0.05, 0.1) is 0 Å². The molecule has 0 aromatic carbocycles. The Balaban J connectivity index is 0.00000180. The van der Waals surface area contributed by atoms with Crippen molar-refractivity contribution in [1.82, 2.24) is 14.8 Å². The van der Waals surface area contributed by atoms with Crippen LogP contribution in [0.2, 0.25) is 0 Å². The molecule has 7 heteroatoms. The van der Waals surface area contributed by atoms with Gasteiger partial charge < -0.3 is 10.2 Å². The van der Waals surface area contributed by atoms with Crippen molar-refractivity contribution in [3.8, 4) is 0 Å². The van der Waals surface area contributed by atoms with E-state index in [0.717, 1.165) is 30.2 Å². The number of amides is 1. The fraction of sp³-hybridized carbons (Fsp3) is 0.667. The van der Waals surface area contributed by atoms with Crippen LogP contribution in [-0.4, -0.2) is 41.1 Å². The van der Waals surface area contributed by atoms with E-state index >= 15 is 0 Å². The lowest BCUT2D eigenvalue weighted by Crippen LogP contribution is -2.52. The number of aromatic nitrogens is 1. The summed E-state index contributed by atoms with van der Waals surface area (Å²) < 4.78 is 1.58. The van der Waals surface area contributed by atoms with Gasteiger partial charge in [-0.25, -0.2) is 0 Å². The molecule has 1 aliphatic heterocycles. The summed E-state index contributed by atoms with van der Waals surface area (Å²) in [6.07, 6.45) is 0. The first kappa shape index (κ1) is 16.2. The molecule has 1 N–H and O–H groups in total. The monoisotopic (exact) mass is 305 g/mol. The Hall–Kier alpha value is -0.850. The van der Waals surface area contributed by atoms with Gasteiger partial charge in [0, 0.05) is 36.2 Å². The highest BCUT2D eigenvalue weighted by atomic mass is 35.5. The van der Waals surface area contributed by atoms with Gasteiger partial charge >= 0.3 is 4.87 Å². The third kappa shape index (κ3) is 3.58. The van der Waals surface area contributed by atoms with E-state index in [1.54, 1.807) is 4.57 Å². The summed E-state index contributed by atoms with van der Waals surface area (Å²) in [5.74, 6) is 0.0337. The molecule has 19 heavy (non-hydrogen) atoms. The Morgan fingerprint density at radius 2 is 2.16 bits per heavy atom. The van der Waals surface area contributed by atoms with Crippen molar-refractivity contribution in [2.24, 2.45) is 0 Å². The highest BCUT2D eigenvalue weighted by Gasteiger charge is 2.21. The molecule has 2 rings (SSSR count). The van der Waals surface area contributed by atoms with Crippen LogP contribution in [0.25, 0.3) is 0 Å². The molecule has 1 aromatic heterocycles. The van der Waals surface area contributed by atoms with E-state index in [0.29, 0.717) is 6.04 Å². The smallest absolute Gasteiger partial charge is 0.308 e. The Bertz CT molecular complexity index is 512. The van der Waals surface area contributed by atoms with Gasteiger partial charge in [-0.05, 0) is 20.8 Å². The van der Waals surface area contributed by atoms with E-state index in [9.17, 15) is 9.59 Å². The molecule has 0 spiro atoms. The summed E-state index contributed by atoms with van der Waals surface area (Å²) in [7, 11) is 0.